The van der Waals surface area contributed by atoms with E-state index in [4.69, 9.17) is 14.2 Å². The van der Waals surface area contributed by atoms with Gasteiger partial charge in [-0.15, -0.1) is 0 Å². The predicted molar refractivity (Wildman–Crippen MR) is 145 cm³/mol. The number of ether oxygens (including phenoxy) is 3. The Labute approximate surface area is 220 Å². The van der Waals surface area contributed by atoms with E-state index < -0.39 is 0 Å². The van der Waals surface area contributed by atoms with Gasteiger partial charge in [0.15, 0.2) is 11.5 Å². The molecule has 3 aromatic carbocycles. The Morgan fingerprint density at radius 1 is 0.737 bits per heavy atom. The summed E-state index contributed by atoms with van der Waals surface area (Å²) in [5, 5.41) is 1.76. The normalized spacial score (nSPS) is 10.9. The van der Waals surface area contributed by atoms with E-state index in [0.29, 0.717) is 28.5 Å². The maximum atomic E-state index is 12.6. The van der Waals surface area contributed by atoms with E-state index in [1.165, 1.54) is 0 Å². The van der Waals surface area contributed by atoms with E-state index in [0.717, 1.165) is 27.4 Å². The first-order valence-electron chi connectivity index (χ1n) is 12.2. The maximum Gasteiger partial charge on any atom is 0.162 e. The van der Waals surface area contributed by atoms with Crippen molar-refractivity contribution in [3.63, 3.8) is 0 Å². The topological polar surface area (TPSA) is 87.6 Å². The van der Waals surface area contributed by atoms with Crippen molar-refractivity contribution in [1.82, 2.24) is 9.97 Å². The van der Waals surface area contributed by atoms with E-state index in [-0.39, 0.29) is 30.8 Å². The standard InChI is InChI=1S/C31H26N2O5/c1-36-29-18-26-27(19-30(29)37-2)32-14-12-28(26)38-25-10-8-20(9-11-25)15-23(34)17-24(35)16-22-6-3-5-21-7-4-13-33-31(21)22/h3-14,18-19H,15-17H2,1-2H3. The molecule has 0 spiro atoms. The number of para-hydroxylation sites is 1. The van der Waals surface area contributed by atoms with Crippen molar-refractivity contribution in [2.45, 2.75) is 19.3 Å². The van der Waals surface area contributed by atoms with Crippen molar-refractivity contribution < 1.29 is 23.8 Å². The number of rotatable bonds is 10. The number of carbonyl (C=O) groups excluding carboxylic acids is 2. The molecule has 0 N–H and O–H groups in total. The third kappa shape index (κ3) is 5.47. The van der Waals surface area contributed by atoms with Gasteiger partial charge in [0.2, 0.25) is 0 Å². The second-order valence-corrected chi connectivity index (χ2v) is 8.88. The molecule has 0 amide bonds. The van der Waals surface area contributed by atoms with Crippen LogP contribution < -0.4 is 14.2 Å². The molecule has 0 saturated carbocycles. The van der Waals surface area contributed by atoms with Crippen LogP contribution in [0.3, 0.4) is 0 Å². The molecule has 0 bridgehead atoms. The van der Waals surface area contributed by atoms with Gasteiger partial charge in [0, 0.05) is 42.1 Å². The SMILES string of the molecule is COc1cc2nccc(Oc3ccc(CC(=O)CC(=O)Cc4cccc5cccnc45)cc3)c2cc1OC. The molecule has 0 fully saturated rings. The first-order chi connectivity index (χ1) is 18.5. The van der Waals surface area contributed by atoms with Crippen molar-refractivity contribution in [1.29, 1.82) is 0 Å². The molecule has 0 aliphatic carbocycles. The monoisotopic (exact) mass is 506 g/mol. The van der Waals surface area contributed by atoms with Gasteiger partial charge in [-0.2, -0.15) is 0 Å². The molecule has 190 valence electrons. The van der Waals surface area contributed by atoms with Gasteiger partial charge < -0.3 is 14.2 Å². The number of carbonyl (C=O) groups is 2. The first-order valence-corrected chi connectivity index (χ1v) is 12.2. The van der Waals surface area contributed by atoms with Crippen molar-refractivity contribution in [3.8, 4) is 23.0 Å². The third-order valence-corrected chi connectivity index (χ3v) is 6.26. The maximum absolute atomic E-state index is 12.6. The van der Waals surface area contributed by atoms with Gasteiger partial charge in [0.1, 0.15) is 23.1 Å². The molecular formula is C31H26N2O5. The van der Waals surface area contributed by atoms with Gasteiger partial charge in [-0.25, -0.2) is 0 Å². The van der Waals surface area contributed by atoms with Gasteiger partial charge in [-0.1, -0.05) is 36.4 Å². The lowest BCUT2D eigenvalue weighted by Gasteiger charge is -2.12. The number of benzene rings is 3. The average Bonchev–Trinajstić information content (AvgIpc) is 2.93. The molecule has 0 aliphatic rings. The Kier molecular flexibility index (Phi) is 7.26. The smallest absolute Gasteiger partial charge is 0.162 e. The van der Waals surface area contributed by atoms with Crippen LogP contribution in [0.2, 0.25) is 0 Å². The molecule has 7 nitrogen and oxygen atoms in total. The number of ketones is 2. The van der Waals surface area contributed by atoms with Gasteiger partial charge >= 0.3 is 0 Å². The Morgan fingerprint density at radius 2 is 1.47 bits per heavy atom. The van der Waals surface area contributed by atoms with Crippen LogP contribution in [0.1, 0.15) is 17.5 Å². The number of nitrogens with zero attached hydrogens (tertiary/aromatic N) is 2. The lowest BCUT2D eigenvalue weighted by molar-refractivity contribution is -0.126. The zero-order valence-electron chi connectivity index (χ0n) is 21.1. The summed E-state index contributed by atoms with van der Waals surface area (Å²) in [7, 11) is 3.16. The van der Waals surface area contributed by atoms with Crippen molar-refractivity contribution >= 4 is 33.4 Å². The molecule has 0 unspecified atom stereocenters. The molecule has 5 aromatic rings. The quantitative estimate of drug-likeness (QED) is 0.218. The lowest BCUT2D eigenvalue weighted by Crippen LogP contribution is -2.12. The van der Waals surface area contributed by atoms with E-state index >= 15 is 0 Å². The first kappa shape index (κ1) is 24.9. The number of methoxy groups -OCH3 is 2. The summed E-state index contributed by atoms with van der Waals surface area (Å²) in [4.78, 5) is 34.0. The molecular weight excluding hydrogens is 480 g/mol. The van der Waals surface area contributed by atoms with Gasteiger partial charge in [0.05, 0.1) is 31.7 Å². The van der Waals surface area contributed by atoms with E-state index in [1.54, 1.807) is 50.9 Å². The number of hydrogen-bond acceptors (Lipinski definition) is 7. The highest BCUT2D eigenvalue weighted by molar-refractivity contribution is 6.01. The summed E-state index contributed by atoms with van der Waals surface area (Å²) in [6.45, 7) is 0. The highest BCUT2D eigenvalue weighted by Gasteiger charge is 2.14. The van der Waals surface area contributed by atoms with Crippen LogP contribution in [0.4, 0.5) is 0 Å². The lowest BCUT2D eigenvalue weighted by atomic mass is 10.00. The molecule has 0 radical (unpaired) electrons. The number of aromatic nitrogens is 2. The largest absolute Gasteiger partial charge is 0.493 e. The van der Waals surface area contributed by atoms with Crippen LogP contribution in [0.25, 0.3) is 21.8 Å². The van der Waals surface area contributed by atoms with Crippen molar-refractivity contribution in [2.75, 3.05) is 14.2 Å². The van der Waals surface area contributed by atoms with Crippen LogP contribution in [0.5, 0.6) is 23.0 Å². The van der Waals surface area contributed by atoms with Crippen LogP contribution in [0, 0.1) is 0 Å². The minimum Gasteiger partial charge on any atom is -0.493 e. The van der Waals surface area contributed by atoms with E-state index in [2.05, 4.69) is 9.97 Å². The number of Topliss-reactive ketones (excluding diaryl/α,β-unsaturated/α-hetero) is 2. The summed E-state index contributed by atoms with van der Waals surface area (Å²) in [6.07, 6.45) is 3.62. The average molecular weight is 507 g/mol. The highest BCUT2D eigenvalue weighted by atomic mass is 16.5. The van der Waals surface area contributed by atoms with E-state index in [9.17, 15) is 9.59 Å². The fourth-order valence-electron chi connectivity index (χ4n) is 4.43. The summed E-state index contributed by atoms with van der Waals surface area (Å²) in [5.41, 5.74) is 3.16. The molecule has 0 atom stereocenters. The number of fused-ring (bicyclic) bond motifs is 2. The second-order valence-electron chi connectivity index (χ2n) is 8.88. The summed E-state index contributed by atoms with van der Waals surface area (Å²) in [5.74, 6) is 2.16. The van der Waals surface area contributed by atoms with Gasteiger partial charge in [-0.05, 0) is 41.5 Å². The van der Waals surface area contributed by atoms with Crippen LogP contribution in [-0.2, 0) is 22.4 Å². The van der Waals surface area contributed by atoms with Crippen LogP contribution >= 0.6 is 0 Å². The second kappa shape index (κ2) is 11.1. The molecule has 2 aromatic heterocycles. The molecule has 5 rings (SSSR count). The Bertz CT molecular complexity index is 1620. The molecule has 0 saturated heterocycles. The number of hydrogen-bond donors (Lipinski definition) is 0. The Morgan fingerprint density at radius 3 is 2.26 bits per heavy atom. The third-order valence-electron chi connectivity index (χ3n) is 6.26. The van der Waals surface area contributed by atoms with Crippen LogP contribution in [-0.4, -0.2) is 35.8 Å². The minimum absolute atomic E-state index is 0.115. The zero-order chi connectivity index (χ0) is 26.5. The van der Waals surface area contributed by atoms with Gasteiger partial charge in [-0.3, -0.25) is 19.6 Å². The molecule has 2 heterocycles. The van der Waals surface area contributed by atoms with Crippen molar-refractivity contribution in [3.05, 3.63) is 96.3 Å². The van der Waals surface area contributed by atoms with Gasteiger partial charge in [0.25, 0.3) is 0 Å². The minimum atomic E-state index is -0.127. The molecule has 38 heavy (non-hydrogen) atoms. The van der Waals surface area contributed by atoms with E-state index in [1.807, 2.05) is 48.5 Å². The summed E-state index contributed by atoms with van der Waals surface area (Å²) >= 11 is 0. The van der Waals surface area contributed by atoms with Crippen LogP contribution in [0.15, 0.2) is 85.2 Å². The highest BCUT2D eigenvalue weighted by Crippen LogP contribution is 2.36. The Balaban J connectivity index is 1.22. The molecule has 0 aliphatic heterocycles. The summed E-state index contributed by atoms with van der Waals surface area (Å²) in [6, 6.07) is 22.2. The number of pyridine rings is 2. The fourth-order valence-corrected chi connectivity index (χ4v) is 4.43. The fraction of sp³-hybridized carbons (Fsp3) is 0.161. The zero-order valence-corrected chi connectivity index (χ0v) is 21.1. The summed E-state index contributed by atoms with van der Waals surface area (Å²) < 4.78 is 16.9. The molecule has 7 heteroatoms. The van der Waals surface area contributed by atoms with Crippen molar-refractivity contribution in [2.24, 2.45) is 0 Å². The Hall–Kier alpha value is -4.78. The predicted octanol–water partition coefficient (Wildman–Crippen LogP) is 5.91.